The zero-order valence-electron chi connectivity index (χ0n) is 9.77. The monoisotopic (exact) mass is 265 g/mol. The highest BCUT2D eigenvalue weighted by molar-refractivity contribution is 6.32. The van der Waals surface area contributed by atoms with Gasteiger partial charge in [-0.15, -0.1) is 0 Å². The maximum atomic E-state index is 11.8. The number of aromatic amines is 1. The van der Waals surface area contributed by atoms with E-state index in [-0.39, 0.29) is 22.8 Å². The van der Waals surface area contributed by atoms with Gasteiger partial charge in [0.1, 0.15) is 5.69 Å². The normalized spacial score (nSPS) is 10.6. The molecule has 6 heteroatoms. The fraction of sp³-hybridized carbons (Fsp3) is 0.250. The van der Waals surface area contributed by atoms with Gasteiger partial charge in [0, 0.05) is 6.20 Å². The number of rotatable bonds is 3. The van der Waals surface area contributed by atoms with Crippen molar-refractivity contribution < 1.29 is 5.11 Å². The summed E-state index contributed by atoms with van der Waals surface area (Å²) in [5.74, 6) is -0.0970. The summed E-state index contributed by atoms with van der Waals surface area (Å²) in [6, 6.07) is 3.32. The van der Waals surface area contributed by atoms with Gasteiger partial charge in [-0.05, 0) is 18.6 Å². The number of nitrogens with one attached hydrogen (secondary N) is 1. The average molecular weight is 266 g/mol. The van der Waals surface area contributed by atoms with Gasteiger partial charge in [0.05, 0.1) is 10.6 Å². The van der Waals surface area contributed by atoms with E-state index in [0.29, 0.717) is 17.1 Å². The van der Waals surface area contributed by atoms with Crippen molar-refractivity contribution in [3.63, 3.8) is 0 Å². The number of pyridine rings is 1. The Morgan fingerprint density at radius 2 is 2.28 bits per heavy atom. The van der Waals surface area contributed by atoms with Crippen molar-refractivity contribution in [1.82, 2.24) is 15.0 Å². The minimum Gasteiger partial charge on any atom is -0.493 e. The quantitative estimate of drug-likeness (QED) is 0.891. The maximum absolute atomic E-state index is 11.8. The topological polar surface area (TPSA) is 78.9 Å². The van der Waals surface area contributed by atoms with Crippen molar-refractivity contribution in [2.75, 3.05) is 0 Å². The molecule has 0 radical (unpaired) electrons. The molecule has 0 aliphatic heterocycles. The van der Waals surface area contributed by atoms with Crippen molar-refractivity contribution >= 4 is 11.6 Å². The van der Waals surface area contributed by atoms with Gasteiger partial charge in [-0.1, -0.05) is 24.9 Å². The Morgan fingerprint density at radius 1 is 1.50 bits per heavy atom. The van der Waals surface area contributed by atoms with Crippen LogP contribution in [-0.2, 0) is 6.42 Å². The van der Waals surface area contributed by atoms with Crippen LogP contribution in [0.5, 0.6) is 5.88 Å². The molecule has 0 aromatic carbocycles. The molecule has 2 aromatic rings. The van der Waals surface area contributed by atoms with Crippen molar-refractivity contribution in [2.45, 2.75) is 19.8 Å². The predicted molar refractivity (Wildman–Crippen MR) is 68.8 cm³/mol. The number of aromatic nitrogens is 3. The van der Waals surface area contributed by atoms with E-state index in [1.54, 1.807) is 12.1 Å². The van der Waals surface area contributed by atoms with Crippen LogP contribution >= 0.6 is 11.6 Å². The molecule has 94 valence electrons. The summed E-state index contributed by atoms with van der Waals surface area (Å²) in [5.41, 5.74) is 0.268. The number of H-pyrrole nitrogens is 1. The largest absolute Gasteiger partial charge is 0.493 e. The van der Waals surface area contributed by atoms with Gasteiger partial charge < -0.3 is 10.1 Å². The first-order valence-corrected chi connectivity index (χ1v) is 5.94. The molecule has 0 spiro atoms. The Labute approximate surface area is 109 Å². The van der Waals surface area contributed by atoms with E-state index in [2.05, 4.69) is 15.0 Å². The van der Waals surface area contributed by atoms with Gasteiger partial charge in [-0.25, -0.2) is 0 Å². The molecule has 0 fully saturated rings. The summed E-state index contributed by atoms with van der Waals surface area (Å²) in [7, 11) is 0. The third kappa shape index (κ3) is 2.36. The fourth-order valence-electron chi connectivity index (χ4n) is 1.63. The van der Waals surface area contributed by atoms with E-state index >= 15 is 0 Å². The summed E-state index contributed by atoms with van der Waals surface area (Å²) in [4.78, 5) is 22.4. The molecular formula is C12H12ClN3O2. The lowest BCUT2D eigenvalue weighted by atomic mass is 10.2. The lowest BCUT2D eigenvalue weighted by Crippen LogP contribution is -2.15. The maximum Gasteiger partial charge on any atom is 0.258 e. The molecule has 2 aromatic heterocycles. The van der Waals surface area contributed by atoms with Crippen molar-refractivity contribution in [2.24, 2.45) is 0 Å². The lowest BCUT2D eigenvalue weighted by Gasteiger charge is -2.05. The van der Waals surface area contributed by atoms with E-state index in [1.807, 2.05) is 6.92 Å². The van der Waals surface area contributed by atoms with Gasteiger partial charge >= 0.3 is 0 Å². The zero-order chi connectivity index (χ0) is 13.1. The minimum atomic E-state index is -0.360. The Balaban J connectivity index is 2.55. The van der Waals surface area contributed by atoms with Crippen LogP contribution < -0.4 is 5.56 Å². The number of halogens is 1. The molecule has 0 unspecified atom stereocenters. The summed E-state index contributed by atoms with van der Waals surface area (Å²) in [6.07, 6.45) is 2.77. The molecule has 0 aliphatic carbocycles. The SMILES string of the molecule is CCCc1c(O)nc(-c2ncccc2Cl)[nH]c1=O. The Bertz CT molecular complexity index is 625. The molecular weight excluding hydrogens is 254 g/mol. The molecule has 0 amide bonds. The van der Waals surface area contributed by atoms with Gasteiger partial charge in [-0.3, -0.25) is 9.78 Å². The van der Waals surface area contributed by atoms with Crippen LogP contribution in [0.4, 0.5) is 0 Å². The third-order valence-electron chi connectivity index (χ3n) is 2.48. The molecule has 2 rings (SSSR count). The van der Waals surface area contributed by atoms with Crippen LogP contribution in [0.2, 0.25) is 5.02 Å². The second kappa shape index (κ2) is 5.18. The summed E-state index contributed by atoms with van der Waals surface area (Å²) in [6.45, 7) is 1.92. The number of nitrogens with zero attached hydrogens (tertiary/aromatic N) is 2. The number of hydrogen-bond donors (Lipinski definition) is 2. The Morgan fingerprint density at radius 3 is 2.89 bits per heavy atom. The lowest BCUT2D eigenvalue weighted by molar-refractivity contribution is 0.443. The fourth-order valence-corrected chi connectivity index (χ4v) is 1.84. The first-order chi connectivity index (χ1) is 8.63. The van der Waals surface area contributed by atoms with E-state index in [9.17, 15) is 9.90 Å². The smallest absolute Gasteiger partial charge is 0.258 e. The van der Waals surface area contributed by atoms with Gasteiger partial charge in [0.15, 0.2) is 5.82 Å². The summed E-state index contributed by atoms with van der Waals surface area (Å²) >= 11 is 5.96. The molecule has 0 saturated heterocycles. The highest BCUT2D eigenvalue weighted by atomic mass is 35.5. The molecule has 0 bridgehead atoms. The average Bonchev–Trinajstić information content (AvgIpc) is 2.34. The molecule has 0 aliphatic rings. The van der Waals surface area contributed by atoms with Crippen LogP contribution in [-0.4, -0.2) is 20.1 Å². The molecule has 0 atom stereocenters. The number of hydrogen-bond acceptors (Lipinski definition) is 4. The standard InChI is InChI=1S/C12H12ClN3O2/c1-2-4-7-11(17)15-10(16-12(7)18)9-8(13)5-3-6-14-9/h3,5-6H,2,4H2,1H3,(H2,15,16,17,18). The van der Waals surface area contributed by atoms with Crippen molar-refractivity contribution in [3.8, 4) is 17.4 Å². The highest BCUT2D eigenvalue weighted by Gasteiger charge is 2.13. The minimum absolute atomic E-state index is 0.169. The van der Waals surface area contributed by atoms with E-state index < -0.39 is 0 Å². The van der Waals surface area contributed by atoms with Crippen LogP contribution in [0, 0.1) is 0 Å². The zero-order valence-corrected chi connectivity index (χ0v) is 10.5. The Hall–Kier alpha value is -1.88. The van der Waals surface area contributed by atoms with Crippen molar-refractivity contribution in [3.05, 3.63) is 39.3 Å². The number of aromatic hydroxyl groups is 1. The summed E-state index contributed by atoms with van der Waals surface area (Å²) in [5, 5.41) is 10.1. The van der Waals surface area contributed by atoms with Crippen LogP contribution in [0.1, 0.15) is 18.9 Å². The predicted octanol–water partition coefficient (Wildman–Crippen LogP) is 2.14. The molecule has 18 heavy (non-hydrogen) atoms. The van der Waals surface area contributed by atoms with E-state index in [0.717, 1.165) is 6.42 Å². The van der Waals surface area contributed by atoms with Gasteiger partial charge in [-0.2, -0.15) is 4.98 Å². The van der Waals surface area contributed by atoms with Gasteiger partial charge in [0.2, 0.25) is 5.88 Å². The van der Waals surface area contributed by atoms with Crippen molar-refractivity contribution in [1.29, 1.82) is 0 Å². The highest BCUT2D eigenvalue weighted by Crippen LogP contribution is 2.23. The van der Waals surface area contributed by atoms with Crippen LogP contribution in [0.3, 0.4) is 0 Å². The second-order valence-electron chi connectivity index (χ2n) is 3.80. The Kier molecular flexibility index (Phi) is 3.62. The van der Waals surface area contributed by atoms with E-state index in [1.165, 1.54) is 6.20 Å². The second-order valence-corrected chi connectivity index (χ2v) is 4.21. The summed E-state index contributed by atoms with van der Waals surface area (Å²) < 4.78 is 0. The molecule has 2 heterocycles. The third-order valence-corrected chi connectivity index (χ3v) is 2.78. The first kappa shape index (κ1) is 12.6. The van der Waals surface area contributed by atoms with Crippen LogP contribution in [0.25, 0.3) is 11.5 Å². The molecule has 0 saturated carbocycles. The van der Waals surface area contributed by atoms with Crippen LogP contribution in [0.15, 0.2) is 23.1 Å². The molecule has 5 nitrogen and oxygen atoms in total. The van der Waals surface area contributed by atoms with Gasteiger partial charge in [0.25, 0.3) is 5.56 Å². The van der Waals surface area contributed by atoms with E-state index in [4.69, 9.17) is 11.6 Å². The first-order valence-electron chi connectivity index (χ1n) is 5.56. The molecule has 2 N–H and O–H groups in total.